The van der Waals surface area contributed by atoms with Crippen molar-refractivity contribution in [3.63, 3.8) is 0 Å². The Balaban J connectivity index is 0.00000101. The first-order chi connectivity index (χ1) is 14.5. The van der Waals surface area contributed by atoms with Crippen molar-refractivity contribution in [2.75, 3.05) is 30.4 Å². The predicted octanol–water partition coefficient (Wildman–Crippen LogP) is 4.47. The molecule has 30 heavy (non-hydrogen) atoms. The molecule has 1 heterocycles. The molecular weight excluding hydrogens is 374 g/mol. The summed E-state index contributed by atoms with van der Waals surface area (Å²) >= 11 is 0. The molecule has 0 aliphatic carbocycles. The van der Waals surface area contributed by atoms with Crippen molar-refractivity contribution in [2.45, 2.75) is 39.2 Å². The smallest absolute Gasteiger partial charge is 0.248 e. The summed E-state index contributed by atoms with van der Waals surface area (Å²) in [6, 6.07) is 16.9. The van der Waals surface area contributed by atoms with E-state index in [1.54, 1.807) is 6.08 Å². The van der Waals surface area contributed by atoms with Crippen LogP contribution in [0.1, 0.15) is 44.2 Å². The molecule has 1 aliphatic heterocycles. The second-order valence-corrected chi connectivity index (χ2v) is 7.65. The fourth-order valence-electron chi connectivity index (χ4n) is 3.33. The van der Waals surface area contributed by atoms with Gasteiger partial charge in [0, 0.05) is 36.6 Å². The fourth-order valence-corrected chi connectivity index (χ4v) is 3.33. The molecule has 3 rings (SSSR count). The van der Waals surface area contributed by atoms with Crippen LogP contribution >= 0.6 is 0 Å². The Kier molecular flexibility index (Phi) is 9.29. The minimum atomic E-state index is -0.118. The lowest BCUT2D eigenvalue weighted by molar-refractivity contribution is -0.112. The molecule has 2 N–H and O–H groups in total. The van der Waals surface area contributed by atoms with Crippen molar-refractivity contribution in [2.24, 2.45) is 0 Å². The summed E-state index contributed by atoms with van der Waals surface area (Å²) in [5.41, 5.74) is 4.34. The first-order valence-corrected chi connectivity index (χ1v) is 10.5. The zero-order valence-electron chi connectivity index (χ0n) is 18.4. The maximum Gasteiger partial charge on any atom is 0.248 e. The molecule has 0 bridgehead atoms. The van der Waals surface area contributed by atoms with Gasteiger partial charge in [-0.05, 0) is 67.8 Å². The summed E-state index contributed by atoms with van der Waals surface area (Å²) in [7, 11) is 2.01. The lowest BCUT2D eigenvalue weighted by Gasteiger charge is -2.19. The number of carbonyl (C=O) groups excluding carboxylic acids is 2. The zero-order valence-corrected chi connectivity index (χ0v) is 18.4. The van der Waals surface area contributed by atoms with Crippen LogP contribution in [0.25, 0.3) is 6.08 Å². The van der Waals surface area contributed by atoms with Crippen LogP contribution in [0.3, 0.4) is 0 Å². The zero-order chi connectivity index (χ0) is 21.9. The highest BCUT2D eigenvalue weighted by Crippen LogP contribution is 2.22. The molecule has 2 aromatic rings. The average molecular weight is 408 g/mol. The number of benzene rings is 2. The first-order valence-electron chi connectivity index (χ1n) is 10.5. The molecule has 1 fully saturated rings. The Morgan fingerprint density at radius 3 is 2.27 bits per heavy atom. The molecule has 5 heteroatoms. The van der Waals surface area contributed by atoms with Gasteiger partial charge >= 0.3 is 0 Å². The van der Waals surface area contributed by atoms with Crippen LogP contribution in [0.15, 0.2) is 54.6 Å². The summed E-state index contributed by atoms with van der Waals surface area (Å²) < 4.78 is 0. The molecule has 0 aromatic heterocycles. The van der Waals surface area contributed by atoms with E-state index in [1.165, 1.54) is 18.2 Å². The molecule has 0 radical (unpaired) electrons. The van der Waals surface area contributed by atoms with Gasteiger partial charge in [-0.1, -0.05) is 38.1 Å². The number of rotatable bonds is 6. The van der Waals surface area contributed by atoms with Crippen LogP contribution in [0.5, 0.6) is 0 Å². The highest BCUT2D eigenvalue weighted by atomic mass is 16.1. The van der Waals surface area contributed by atoms with E-state index in [9.17, 15) is 4.79 Å². The summed E-state index contributed by atoms with van der Waals surface area (Å²) in [5, 5.41) is 6.25. The molecule has 1 unspecified atom stereocenters. The van der Waals surface area contributed by atoms with Crippen molar-refractivity contribution in [3.05, 3.63) is 65.7 Å². The molecule has 5 nitrogen and oxygen atoms in total. The highest BCUT2D eigenvalue weighted by Gasteiger charge is 2.20. The molecule has 1 saturated heterocycles. The van der Waals surface area contributed by atoms with E-state index >= 15 is 0 Å². The number of hydrogen-bond donors (Lipinski definition) is 2. The topological polar surface area (TPSA) is 61.4 Å². The quantitative estimate of drug-likeness (QED) is 0.548. The maximum absolute atomic E-state index is 12.2. The second kappa shape index (κ2) is 11.9. The second-order valence-electron chi connectivity index (χ2n) is 7.65. The van der Waals surface area contributed by atoms with Crippen LogP contribution in [0.2, 0.25) is 0 Å². The summed E-state index contributed by atoms with van der Waals surface area (Å²) in [5.74, 6) is 0.395. The van der Waals surface area contributed by atoms with E-state index < -0.39 is 0 Å². The van der Waals surface area contributed by atoms with Crippen molar-refractivity contribution < 1.29 is 9.59 Å². The predicted molar refractivity (Wildman–Crippen MR) is 126 cm³/mol. The SMILES string of the molecule is CC=O.CNC1CCN(c2ccc(NC(=O)/C=C/c3ccc(C(C)C)cc3)cc2)C1. The maximum atomic E-state index is 12.2. The molecule has 0 saturated carbocycles. The summed E-state index contributed by atoms with van der Waals surface area (Å²) in [6.45, 7) is 7.88. The molecule has 1 aliphatic rings. The standard InChI is InChI=1S/C23H29N3O.C2H4O/c1-17(2)19-7-4-18(5-8-19)6-13-23(27)25-20-9-11-22(12-10-20)26-15-14-21(16-26)24-3;1-2-3/h4-13,17,21,24H,14-16H2,1-3H3,(H,25,27);2H,1H3/b13-6+;. The summed E-state index contributed by atoms with van der Waals surface area (Å²) in [6.07, 6.45) is 5.34. The summed E-state index contributed by atoms with van der Waals surface area (Å²) in [4.78, 5) is 23.3. The lowest BCUT2D eigenvalue weighted by atomic mass is 10.0. The van der Waals surface area contributed by atoms with Crippen molar-refractivity contribution in [1.82, 2.24) is 5.32 Å². The van der Waals surface area contributed by atoms with Crippen molar-refractivity contribution in [3.8, 4) is 0 Å². The molecule has 0 spiro atoms. The van der Waals surface area contributed by atoms with Gasteiger partial charge in [0.25, 0.3) is 0 Å². The Labute approximate surface area is 180 Å². The molecule has 160 valence electrons. The molecular formula is C25H33N3O2. The van der Waals surface area contributed by atoms with Gasteiger partial charge in [-0.3, -0.25) is 4.79 Å². The monoisotopic (exact) mass is 407 g/mol. The van der Waals surface area contributed by atoms with E-state index in [4.69, 9.17) is 4.79 Å². The number of likely N-dealkylation sites (N-methyl/N-ethyl adjacent to an activating group) is 1. The van der Waals surface area contributed by atoms with Crippen LogP contribution in [-0.4, -0.2) is 38.4 Å². The number of carbonyl (C=O) groups is 2. The number of nitrogens with one attached hydrogen (secondary N) is 2. The van der Waals surface area contributed by atoms with Gasteiger partial charge in [0.15, 0.2) is 0 Å². The minimum absolute atomic E-state index is 0.118. The van der Waals surface area contributed by atoms with Crippen LogP contribution in [0.4, 0.5) is 11.4 Å². The fraction of sp³-hybridized carbons (Fsp3) is 0.360. The van der Waals surface area contributed by atoms with Gasteiger partial charge in [0.2, 0.25) is 5.91 Å². The number of hydrogen-bond acceptors (Lipinski definition) is 4. The highest BCUT2D eigenvalue weighted by molar-refractivity contribution is 6.02. The normalized spacial score (nSPS) is 15.8. The van der Waals surface area contributed by atoms with Gasteiger partial charge in [0.1, 0.15) is 6.29 Å². The Hall–Kier alpha value is -2.92. The van der Waals surface area contributed by atoms with Crippen molar-refractivity contribution >= 4 is 29.6 Å². The van der Waals surface area contributed by atoms with E-state index in [2.05, 4.69) is 53.6 Å². The Morgan fingerprint density at radius 2 is 1.73 bits per heavy atom. The number of nitrogens with zero attached hydrogens (tertiary/aromatic N) is 1. The van der Waals surface area contributed by atoms with Gasteiger partial charge in [0.05, 0.1) is 0 Å². The Bertz CT molecular complexity index is 826. The van der Waals surface area contributed by atoms with Gasteiger partial charge < -0.3 is 20.3 Å². The third-order valence-corrected chi connectivity index (χ3v) is 5.13. The van der Waals surface area contributed by atoms with Gasteiger partial charge in [-0.2, -0.15) is 0 Å². The van der Waals surface area contributed by atoms with Gasteiger partial charge in [-0.15, -0.1) is 0 Å². The van der Waals surface area contributed by atoms with E-state index in [0.717, 1.165) is 37.0 Å². The number of aldehydes is 1. The average Bonchev–Trinajstić information content (AvgIpc) is 3.23. The minimum Gasteiger partial charge on any atom is -0.370 e. The third-order valence-electron chi connectivity index (χ3n) is 5.13. The largest absolute Gasteiger partial charge is 0.370 e. The third kappa shape index (κ3) is 7.16. The van der Waals surface area contributed by atoms with E-state index in [1.807, 2.05) is 37.4 Å². The van der Waals surface area contributed by atoms with Crippen LogP contribution in [0, 0.1) is 0 Å². The lowest BCUT2D eigenvalue weighted by Crippen LogP contribution is -2.29. The van der Waals surface area contributed by atoms with Gasteiger partial charge in [-0.25, -0.2) is 0 Å². The van der Waals surface area contributed by atoms with E-state index in [0.29, 0.717) is 12.0 Å². The van der Waals surface area contributed by atoms with Crippen LogP contribution < -0.4 is 15.5 Å². The first kappa shape index (κ1) is 23.4. The number of amides is 1. The molecule has 2 aromatic carbocycles. The molecule has 1 atom stereocenters. The number of anilines is 2. The van der Waals surface area contributed by atoms with Crippen molar-refractivity contribution in [1.29, 1.82) is 0 Å². The van der Waals surface area contributed by atoms with Crippen LogP contribution in [-0.2, 0) is 9.59 Å². The molecule has 1 amide bonds. The van der Waals surface area contributed by atoms with E-state index in [-0.39, 0.29) is 5.91 Å². The Morgan fingerprint density at radius 1 is 1.10 bits per heavy atom.